The summed E-state index contributed by atoms with van der Waals surface area (Å²) in [6, 6.07) is 0.0638. The first kappa shape index (κ1) is 22.5. The molecule has 8 heteroatoms. The van der Waals surface area contributed by atoms with Crippen molar-refractivity contribution in [3.8, 4) is 0 Å². The number of hydrogen-bond acceptors (Lipinski definition) is 4. The Bertz CT molecular complexity index is 509. The molecule has 1 aliphatic rings. The first-order valence-corrected chi connectivity index (χ1v) is 9.59. The van der Waals surface area contributed by atoms with Crippen LogP contribution in [0.3, 0.4) is 0 Å². The highest BCUT2D eigenvalue weighted by Crippen LogP contribution is 2.19. The lowest BCUT2D eigenvalue weighted by molar-refractivity contribution is -0.132. The van der Waals surface area contributed by atoms with Crippen molar-refractivity contribution in [1.82, 2.24) is 15.5 Å². The number of nitrogens with one attached hydrogen (secondary N) is 2. The minimum atomic E-state index is -0.595. The van der Waals surface area contributed by atoms with Crippen LogP contribution in [0.5, 0.6) is 0 Å². The Balaban J connectivity index is 2.29. The summed E-state index contributed by atoms with van der Waals surface area (Å²) in [5.41, 5.74) is -1.15. The van der Waals surface area contributed by atoms with Crippen LogP contribution in [0.4, 0.5) is 4.79 Å². The van der Waals surface area contributed by atoms with Gasteiger partial charge >= 0.3 is 6.09 Å². The van der Waals surface area contributed by atoms with Crippen LogP contribution >= 0.6 is 11.6 Å². The molecule has 0 aromatic carbocycles. The predicted octanol–water partition coefficient (Wildman–Crippen LogP) is 2.27. The Morgan fingerprint density at radius 2 is 1.69 bits per heavy atom. The average Bonchev–Trinajstić information content (AvgIpc) is 2.53. The lowest BCUT2D eigenvalue weighted by Gasteiger charge is -2.34. The van der Waals surface area contributed by atoms with Crippen molar-refractivity contribution in [2.24, 2.45) is 5.41 Å². The van der Waals surface area contributed by atoms with Crippen LogP contribution in [-0.2, 0) is 14.3 Å². The van der Waals surface area contributed by atoms with E-state index < -0.39 is 17.1 Å². The van der Waals surface area contributed by atoms with E-state index in [4.69, 9.17) is 16.3 Å². The molecule has 1 aliphatic heterocycles. The maximum absolute atomic E-state index is 12.2. The van der Waals surface area contributed by atoms with Crippen molar-refractivity contribution in [2.45, 2.75) is 65.5 Å². The van der Waals surface area contributed by atoms with Gasteiger partial charge in [-0.15, -0.1) is 11.6 Å². The number of amides is 3. The number of hydrogen-bond donors (Lipinski definition) is 2. The third-order valence-corrected chi connectivity index (χ3v) is 4.81. The van der Waals surface area contributed by atoms with Crippen molar-refractivity contribution >= 4 is 29.5 Å². The molecule has 0 saturated carbocycles. The first-order chi connectivity index (χ1) is 11.9. The van der Waals surface area contributed by atoms with Crippen LogP contribution in [0.15, 0.2) is 0 Å². The number of likely N-dealkylation sites (tertiary alicyclic amines) is 1. The van der Waals surface area contributed by atoms with Gasteiger partial charge in [-0.1, -0.05) is 0 Å². The van der Waals surface area contributed by atoms with Gasteiger partial charge in [-0.2, -0.15) is 0 Å². The molecule has 7 nitrogen and oxygen atoms in total. The van der Waals surface area contributed by atoms with E-state index in [2.05, 4.69) is 10.6 Å². The van der Waals surface area contributed by atoms with Crippen LogP contribution in [0, 0.1) is 5.41 Å². The first-order valence-electron chi connectivity index (χ1n) is 9.06. The van der Waals surface area contributed by atoms with Crippen molar-refractivity contribution in [1.29, 1.82) is 0 Å². The number of piperidine rings is 1. The molecule has 0 unspecified atom stereocenters. The van der Waals surface area contributed by atoms with Gasteiger partial charge in [-0.25, -0.2) is 4.79 Å². The highest BCUT2D eigenvalue weighted by Gasteiger charge is 2.30. The third-order valence-electron chi connectivity index (χ3n) is 4.14. The topological polar surface area (TPSA) is 87.7 Å². The number of nitrogens with zero attached hydrogens (tertiary/aromatic N) is 1. The standard InChI is InChI=1S/C18H32ClN3O4/c1-17(2,3)26-16(25)20-9-6-14(23)22-10-7-13(8-11-22)21-15(24)18(4,5)12-19/h13H,6-12H2,1-5H3,(H,20,25)(H,21,24). The Kier molecular flexibility index (Phi) is 8.18. The van der Waals surface area contributed by atoms with Crippen molar-refractivity contribution < 1.29 is 19.1 Å². The van der Waals surface area contributed by atoms with Crippen molar-refractivity contribution in [3.63, 3.8) is 0 Å². The molecule has 1 heterocycles. The van der Waals surface area contributed by atoms with E-state index in [1.54, 1.807) is 25.7 Å². The van der Waals surface area contributed by atoms with Gasteiger partial charge in [-0.3, -0.25) is 9.59 Å². The Morgan fingerprint density at radius 3 is 2.19 bits per heavy atom. The number of carbonyl (C=O) groups is 3. The molecule has 1 saturated heterocycles. The van der Waals surface area contributed by atoms with E-state index in [-0.39, 0.29) is 36.7 Å². The van der Waals surface area contributed by atoms with Gasteiger partial charge in [0, 0.05) is 38.0 Å². The summed E-state index contributed by atoms with van der Waals surface area (Å²) in [6.07, 6.45) is 1.15. The molecule has 2 N–H and O–H groups in total. The second-order valence-corrected chi connectivity index (χ2v) is 8.59. The van der Waals surface area contributed by atoms with Crippen molar-refractivity contribution in [3.05, 3.63) is 0 Å². The monoisotopic (exact) mass is 389 g/mol. The maximum atomic E-state index is 12.2. The zero-order valence-corrected chi connectivity index (χ0v) is 17.2. The average molecular weight is 390 g/mol. The predicted molar refractivity (Wildman–Crippen MR) is 101 cm³/mol. The van der Waals surface area contributed by atoms with E-state index in [1.807, 2.05) is 13.8 Å². The second kappa shape index (κ2) is 9.44. The van der Waals surface area contributed by atoms with Crippen LogP contribution in [0.2, 0.25) is 0 Å². The number of rotatable bonds is 6. The van der Waals surface area contributed by atoms with E-state index in [0.717, 1.165) is 12.8 Å². The molecule has 0 atom stereocenters. The fourth-order valence-corrected chi connectivity index (χ4v) is 2.58. The van der Waals surface area contributed by atoms with Gasteiger partial charge in [0.1, 0.15) is 5.60 Å². The van der Waals surface area contributed by atoms with E-state index in [9.17, 15) is 14.4 Å². The van der Waals surface area contributed by atoms with Crippen LogP contribution < -0.4 is 10.6 Å². The summed E-state index contributed by atoms with van der Waals surface area (Å²) in [5, 5.41) is 5.60. The zero-order chi connectivity index (χ0) is 20.0. The van der Waals surface area contributed by atoms with Gasteiger partial charge in [0.25, 0.3) is 0 Å². The molecule has 0 aliphatic carbocycles. The largest absolute Gasteiger partial charge is 0.444 e. The molecule has 0 aromatic heterocycles. The quantitative estimate of drug-likeness (QED) is 0.682. The molecule has 0 aromatic rings. The highest BCUT2D eigenvalue weighted by molar-refractivity contribution is 6.19. The number of carbonyl (C=O) groups excluding carboxylic acids is 3. The lowest BCUT2D eigenvalue weighted by atomic mass is 9.93. The second-order valence-electron chi connectivity index (χ2n) is 8.32. The molecule has 3 amide bonds. The minimum Gasteiger partial charge on any atom is -0.444 e. The Morgan fingerprint density at radius 1 is 1.12 bits per heavy atom. The Hall–Kier alpha value is -1.50. The van der Waals surface area contributed by atoms with Crippen molar-refractivity contribution in [2.75, 3.05) is 25.5 Å². The molecular weight excluding hydrogens is 358 g/mol. The summed E-state index contributed by atoms with van der Waals surface area (Å²) in [6.45, 7) is 10.4. The summed E-state index contributed by atoms with van der Waals surface area (Å²) < 4.78 is 5.13. The molecule has 0 radical (unpaired) electrons. The van der Waals surface area contributed by atoms with Gasteiger partial charge in [-0.05, 0) is 47.5 Å². The minimum absolute atomic E-state index is 0.00748. The fraction of sp³-hybridized carbons (Fsp3) is 0.833. The number of alkyl halides is 1. The van der Waals surface area contributed by atoms with Gasteiger partial charge < -0.3 is 20.3 Å². The van der Waals surface area contributed by atoms with Gasteiger partial charge in [0.2, 0.25) is 11.8 Å². The molecule has 26 heavy (non-hydrogen) atoms. The number of halogens is 1. The van der Waals surface area contributed by atoms with E-state index >= 15 is 0 Å². The van der Waals surface area contributed by atoms with Crippen LogP contribution in [0.25, 0.3) is 0 Å². The maximum Gasteiger partial charge on any atom is 0.407 e. The number of alkyl carbamates (subject to hydrolysis) is 1. The van der Waals surface area contributed by atoms with Gasteiger partial charge in [0.15, 0.2) is 0 Å². The summed E-state index contributed by atoms with van der Waals surface area (Å²) in [4.78, 5) is 37.7. The van der Waals surface area contributed by atoms with Crippen LogP contribution in [-0.4, -0.2) is 60.0 Å². The normalized spacial score (nSPS) is 16.2. The molecule has 0 bridgehead atoms. The molecule has 1 fully saturated rings. The summed E-state index contributed by atoms with van der Waals surface area (Å²) in [5.74, 6) is 0.201. The molecule has 150 valence electrons. The summed E-state index contributed by atoms with van der Waals surface area (Å²) in [7, 11) is 0. The fourth-order valence-electron chi connectivity index (χ4n) is 2.46. The lowest BCUT2D eigenvalue weighted by Crippen LogP contribution is -2.50. The van der Waals surface area contributed by atoms with E-state index in [0.29, 0.717) is 13.1 Å². The zero-order valence-electron chi connectivity index (χ0n) is 16.5. The third kappa shape index (κ3) is 7.81. The SMILES string of the molecule is CC(C)(C)OC(=O)NCCC(=O)N1CCC(NC(=O)C(C)(C)CCl)CC1. The number of ether oxygens (including phenoxy) is 1. The molecular formula is C18H32ClN3O4. The highest BCUT2D eigenvalue weighted by atomic mass is 35.5. The van der Waals surface area contributed by atoms with Crippen LogP contribution in [0.1, 0.15) is 53.9 Å². The Labute approximate surface area is 161 Å². The molecule has 0 spiro atoms. The van der Waals surface area contributed by atoms with E-state index in [1.165, 1.54) is 0 Å². The summed E-state index contributed by atoms with van der Waals surface area (Å²) >= 11 is 5.82. The van der Waals surface area contributed by atoms with Gasteiger partial charge in [0.05, 0.1) is 5.41 Å². The molecule has 1 rings (SSSR count). The smallest absolute Gasteiger partial charge is 0.407 e.